The molecule has 4 aromatic rings. The predicted molar refractivity (Wildman–Crippen MR) is 145 cm³/mol. The van der Waals surface area contributed by atoms with Crippen molar-refractivity contribution in [2.75, 3.05) is 5.32 Å². The normalized spacial score (nSPS) is 12.1. The van der Waals surface area contributed by atoms with Gasteiger partial charge >= 0.3 is 0 Å². The van der Waals surface area contributed by atoms with E-state index in [0.29, 0.717) is 10.6 Å². The van der Waals surface area contributed by atoms with Crippen LogP contribution in [0.1, 0.15) is 27.0 Å². The van der Waals surface area contributed by atoms with Gasteiger partial charge in [-0.05, 0) is 49.2 Å². The molecule has 0 bridgehead atoms. The minimum absolute atomic E-state index is 0.0513. The Bertz CT molecular complexity index is 1510. The lowest BCUT2D eigenvalue weighted by molar-refractivity contribution is -0.117. The summed E-state index contributed by atoms with van der Waals surface area (Å²) in [6.45, 7) is 1.86. The zero-order chi connectivity index (χ0) is 26.4. The summed E-state index contributed by atoms with van der Waals surface area (Å²) in [4.78, 5) is 26.7. The Morgan fingerprint density at radius 3 is 2.11 bits per heavy atom. The third-order valence-corrected chi connectivity index (χ3v) is 7.47. The Hall–Kier alpha value is -3.78. The molecule has 0 aliphatic heterocycles. The molecule has 4 rings (SSSR count). The fourth-order valence-corrected chi connectivity index (χ4v) is 5.16. The van der Waals surface area contributed by atoms with Crippen molar-refractivity contribution in [2.45, 2.75) is 24.3 Å². The highest BCUT2D eigenvalue weighted by Crippen LogP contribution is 2.24. The van der Waals surface area contributed by atoms with Crippen LogP contribution in [0, 0.1) is 6.92 Å². The Kier molecular flexibility index (Phi) is 8.18. The quantitative estimate of drug-likeness (QED) is 0.282. The molecule has 0 heterocycles. The zero-order valence-electron chi connectivity index (χ0n) is 20.0. The van der Waals surface area contributed by atoms with Gasteiger partial charge in [0.2, 0.25) is 15.9 Å². The van der Waals surface area contributed by atoms with Crippen molar-refractivity contribution in [1.29, 1.82) is 0 Å². The minimum atomic E-state index is -4.01. The average molecular weight is 533 g/mol. The van der Waals surface area contributed by atoms with Crippen LogP contribution in [0.5, 0.6) is 0 Å². The van der Waals surface area contributed by atoms with Gasteiger partial charge < -0.3 is 5.32 Å². The Balaban J connectivity index is 1.65. The van der Waals surface area contributed by atoms with E-state index in [1.807, 2.05) is 37.3 Å². The molecule has 6 nitrogen and oxygen atoms in total. The van der Waals surface area contributed by atoms with Crippen LogP contribution in [-0.2, 0) is 21.2 Å². The van der Waals surface area contributed by atoms with E-state index < -0.39 is 22.0 Å². The lowest BCUT2D eigenvalue weighted by Crippen LogP contribution is -2.45. The molecule has 0 saturated carbocycles. The monoisotopic (exact) mass is 532 g/mol. The Labute approximate surface area is 221 Å². The number of rotatable bonds is 9. The first-order chi connectivity index (χ1) is 17.7. The van der Waals surface area contributed by atoms with Crippen molar-refractivity contribution in [2.24, 2.45) is 0 Å². The topological polar surface area (TPSA) is 92.3 Å². The fourth-order valence-electron chi connectivity index (χ4n) is 3.79. The van der Waals surface area contributed by atoms with Gasteiger partial charge in [0.15, 0.2) is 5.78 Å². The average Bonchev–Trinajstić information content (AvgIpc) is 2.90. The summed E-state index contributed by atoms with van der Waals surface area (Å²) in [5.74, 6) is -0.929. The van der Waals surface area contributed by atoms with Gasteiger partial charge in [-0.15, -0.1) is 0 Å². The Morgan fingerprint density at radius 1 is 0.838 bits per heavy atom. The van der Waals surface area contributed by atoms with E-state index in [9.17, 15) is 18.0 Å². The van der Waals surface area contributed by atoms with Gasteiger partial charge in [0, 0.05) is 16.1 Å². The van der Waals surface area contributed by atoms with E-state index in [1.54, 1.807) is 48.5 Å². The van der Waals surface area contributed by atoms with Crippen molar-refractivity contribution in [3.05, 3.63) is 130 Å². The highest BCUT2D eigenvalue weighted by Gasteiger charge is 2.27. The maximum absolute atomic E-state index is 13.5. The van der Waals surface area contributed by atoms with Crippen LogP contribution in [0.15, 0.2) is 108 Å². The lowest BCUT2D eigenvalue weighted by Gasteiger charge is -2.20. The summed E-state index contributed by atoms with van der Waals surface area (Å²) in [5.41, 5.74) is 2.55. The molecule has 0 fully saturated rings. The molecule has 1 atom stereocenters. The van der Waals surface area contributed by atoms with E-state index in [-0.39, 0.29) is 28.4 Å². The number of sulfonamides is 1. The number of ketones is 1. The molecule has 8 heteroatoms. The lowest BCUT2D eigenvalue weighted by atomic mass is 10.0. The van der Waals surface area contributed by atoms with Gasteiger partial charge in [-0.1, -0.05) is 90.0 Å². The molecule has 0 spiro atoms. The minimum Gasteiger partial charge on any atom is -0.324 e. The van der Waals surface area contributed by atoms with Crippen molar-refractivity contribution in [3.8, 4) is 0 Å². The molecule has 0 radical (unpaired) electrons. The summed E-state index contributed by atoms with van der Waals surface area (Å²) in [7, 11) is -4.01. The summed E-state index contributed by atoms with van der Waals surface area (Å²) in [6, 6.07) is 27.5. The van der Waals surface area contributed by atoms with Crippen LogP contribution in [0.3, 0.4) is 0 Å². The second-order valence-corrected chi connectivity index (χ2v) is 10.7. The number of carbonyl (C=O) groups excluding carboxylic acids is 2. The molecule has 0 aliphatic carbocycles. The first-order valence-electron chi connectivity index (χ1n) is 11.6. The van der Waals surface area contributed by atoms with Crippen molar-refractivity contribution < 1.29 is 18.0 Å². The molecular formula is C29H25ClN2O4S. The number of benzene rings is 4. The third kappa shape index (κ3) is 6.71. The van der Waals surface area contributed by atoms with Gasteiger partial charge in [-0.25, -0.2) is 8.42 Å². The van der Waals surface area contributed by atoms with Crippen molar-refractivity contribution in [3.63, 3.8) is 0 Å². The first kappa shape index (κ1) is 26.3. The maximum atomic E-state index is 13.5. The number of carbonyl (C=O) groups is 2. The standard InChI is InChI=1S/C29H25ClN2O4S/c1-20-12-15-24(16-13-20)37(35,36)32-27(18-21-8-4-2-5-9-21)29(34)31-26-17-14-23(30)19-25(26)28(33)22-10-6-3-7-11-22/h2-17,19,27,32H,18H2,1H3,(H,31,34)/t27-/m0/s1. The number of amides is 1. The SMILES string of the molecule is Cc1ccc(S(=O)(=O)N[C@@H](Cc2ccccc2)C(=O)Nc2ccc(Cl)cc2C(=O)c2ccccc2)cc1. The largest absolute Gasteiger partial charge is 0.324 e. The van der Waals surface area contributed by atoms with Crippen LogP contribution in [0.4, 0.5) is 5.69 Å². The second kappa shape index (κ2) is 11.5. The zero-order valence-corrected chi connectivity index (χ0v) is 21.6. The number of hydrogen-bond donors (Lipinski definition) is 2. The smallest absolute Gasteiger partial charge is 0.242 e. The predicted octanol–water partition coefficient (Wildman–Crippen LogP) is 5.41. The van der Waals surface area contributed by atoms with Crippen LogP contribution in [0.25, 0.3) is 0 Å². The van der Waals surface area contributed by atoms with Gasteiger partial charge in [0.1, 0.15) is 6.04 Å². The number of aryl methyl sites for hydroxylation is 1. The van der Waals surface area contributed by atoms with Crippen LogP contribution in [-0.4, -0.2) is 26.2 Å². The number of hydrogen-bond acceptors (Lipinski definition) is 4. The molecule has 0 saturated heterocycles. The summed E-state index contributed by atoms with van der Waals surface area (Å²) >= 11 is 6.16. The fraction of sp³-hybridized carbons (Fsp3) is 0.103. The van der Waals surface area contributed by atoms with Crippen LogP contribution < -0.4 is 10.0 Å². The summed E-state index contributed by atoms with van der Waals surface area (Å²) in [6.07, 6.45) is 0.104. The molecule has 2 N–H and O–H groups in total. The van der Waals surface area contributed by atoms with E-state index >= 15 is 0 Å². The van der Waals surface area contributed by atoms with E-state index in [1.165, 1.54) is 24.3 Å². The molecule has 0 aromatic heterocycles. The molecular weight excluding hydrogens is 508 g/mol. The van der Waals surface area contributed by atoms with Gasteiger partial charge in [-0.2, -0.15) is 4.72 Å². The van der Waals surface area contributed by atoms with Crippen LogP contribution >= 0.6 is 11.6 Å². The molecule has 0 aliphatic rings. The molecule has 37 heavy (non-hydrogen) atoms. The Morgan fingerprint density at radius 2 is 1.46 bits per heavy atom. The number of nitrogens with one attached hydrogen (secondary N) is 2. The van der Waals surface area contributed by atoms with E-state index in [0.717, 1.165) is 11.1 Å². The number of halogens is 1. The highest BCUT2D eigenvalue weighted by atomic mass is 35.5. The second-order valence-electron chi connectivity index (χ2n) is 8.55. The van der Waals surface area contributed by atoms with Gasteiger partial charge in [0.25, 0.3) is 0 Å². The number of anilines is 1. The summed E-state index contributed by atoms with van der Waals surface area (Å²) in [5, 5.41) is 3.08. The van der Waals surface area contributed by atoms with Gasteiger partial charge in [0.05, 0.1) is 10.6 Å². The summed E-state index contributed by atoms with van der Waals surface area (Å²) < 4.78 is 28.8. The van der Waals surface area contributed by atoms with Crippen LogP contribution in [0.2, 0.25) is 5.02 Å². The maximum Gasteiger partial charge on any atom is 0.242 e. The van der Waals surface area contributed by atoms with E-state index in [4.69, 9.17) is 11.6 Å². The highest BCUT2D eigenvalue weighted by molar-refractivity contribution is 7.89. The van der Waals surface area contributed by atoms with Gasteiger partial charge in [-0.3, -0.25) is 9.59 Å². The van der Waals surface area contributed by atoms with Crippen molar-refractivity contribution >= 4 is 39.0 Å². The molecule has 4 aromatic carbocycles. The molecule has 188 valence electrons. The molecule has 1 amide bonds. The van der Waals surface area contributed by atoms with E-state index in [2.05, 4.69) is 10.0 Å². The first-order valence-corrected chi connectivity index (χ1v) is 13.4. The third-order valence-electron chi connectivity index (χ3n) is 5.75. The van der Waals surface area contributed by atoms with Crippen molar-refractivity contribution in [1.82, 2.24) is 4.72 Å². The molecule has 0 unspecified atom stereocenters.